The summed E-state index contributed by atoms with van der Waals surface area (Å²) in [6.45, 7) is 8.28. The molecule has 1 saturated carbocycles. The Morgan fingerprint density at radius 2 is 2.12 bits per heavy atom. The predicted molar refractivity (Wildman–Crippen MR) is 73.8 cm³/mol. The molecule has 0 aromatic carbocycles. The van der Waals surface area contributed by atoms with Gasteiger partial charge in [-0.25, -0.2) is 0 Å². The van der Waals surface area contributed by atoms with Gasteiger partial charge in [0.1, 0.15) is 0 Å². The fraction of sp³-hybridized carbons (Fsp3) is 0.667. The van der Waals surface area contributed by atoms with Crippen LogP contribution >= 0.6 is 0 Å². The van der Waals surface area contributed by atoms with Gasteiger partial charge in [0, 0.05) is 23.2 Å². The molecule has 1 aliphatic carbocycles. The molecule has 2 unspecified atom stereocenters. The standard InChI is InChI=1S/C15H24N2/c1-4-11(2)15-14-10-8-6-5-7-9-13(14)12(3)16-17-15/h4,11,13,17H,1,5-10H2,2-3H3. The summed E-state index contributed by atoms with van der Waals surface area (Å²) >= 11 is 0. The molecule has 1 heterocycles. The van der Waals surface area contributed by atoms with E-state index in [0.717, 1.165) is 0 Å². The van der Waals surface area contributed by atoms with E-state index in [-0.39, 0.29) is 0 Å². The van der Waals surface area contributed by atoms with Gasteiger partial charge in [0.2, 0.25) is 0 Å². The Balaban J connectivity index is 2.30. The molecule has 0 aromatic rings. The molecule has 2 nitrogen and oxygen atoms in total. The van der Waals surface area contributed by atoms with Gasteiger partial charge in [-0.15, -0.1) is 6.58 Å². The summed E-state index contributed by atoms with van der Waals surface area (Å²) in [5.74, 6) is 0.984. The van der Waals surface area contributed by atoms with Gasteiger partial charge in [-0.05, 0) is 31.8 Å². The third kappa shape index (κ3) is 2.62. The fourth-order valence-electron chi connectivity index (χ4n) is 2.96. The summed E-state index contributed by atoms with van der Waals surface area (Å²) in [5.41, 5.74) is 7.45. The summed E-state index contributed by atoms with van der Waals surface area (Å²) in [6, 6.07) is 0. The number of nitrogens with zero attached hydrogens (tertiary/aromatic N) is 1. The maximum atomic E-state index is 4.50. The molecule has 0 amide bonds. The van der Waals surface area contributed by atoms with Crippen molar-refractivity contribution in [2.75, 3.05) is 0 Å². The van der Waals surface area contributed by atoms with E-state index >= 15 is 0 Å². The van der Waals surface area contributed by atoms with Crippen LogP contribution in [0.15, 0.2) is 29.0 Å². The van der Waals surface area contributed by atoms with E-state index < -0.39 is 0 Å². The smallest absolute Gasteiger partial charge is 0.0423 e. The summed E-state index contributed by atoms with van der Waals surface area (Å²) < 4.78 is 0. The van der Waals surface area contributed by atoms with Crippen LogP contribution in [0, 0.1) is 11.8 Å². The van der Waals surface area contributed by atoms with Crippen molar-refractivity contribution in [3.05, 3.63) is 23.9 Å². The molecule has 2 aliphatic rings. The monoisotopic (exact) mass is 232 g/mol. The second-order valence-electron chi connectivity index (χ2n) is 5.33. The average Bonchev–Trinajstić information content (AvgIpc) is 2.30. The van der Waals surface area contributed by atoms with Crippen LogP contribution in [0.5, 0.6) is 0 Å². The lowest BCUT2D eigenvalue weighted by atomic mass is 9.80. The van der Waals surface area contributed by atoms with Gasteiger partial charge in [-0.1, -0.05) is 32.3 Å². The van der Waals surface area contributed by atoms with Crippen molar-refractivity contribution >= 4 is 5.71 Å². The molecule has 1 N–H and O–H groups in total. The molecule has 0 spiro atoms. The summed E-state index contributed by atoms with van der Waals surface area (Å²) in [6.07, 6.45) is 9.96. The Hall–Kier alpha value is -1.05. The maximum Gasteiger partial charge on any atom is 0.0423 e. The zero-order chi connectivity index (χ0) is 12.3. The minimum Gasteiger partial charge on any atom is -0.282 e. The maximum absolute atomic E-state index is 4.50. The molecule has 94 valence electrons. The van der Waals surface area contributed by atoms with Crippen LogP contribution in [-0.4, -0.2) is 5.71 Å². The van der Waals surface area contributed by atoms with Crippen molar-refractivity contribution in [3.8, 4) is 0 Å². The first-order valence-corrected chi connectivity index (χ1v) is 6.89. The van der Waals surface area contributed by atoms with Crippen LogP contribution in [0.2, 0.25) is 0 Å². The zero-order valence-corrected chi connectivity index (χ0v) is 11.1. The molecule has 0 saturated heterocycles. The van der Waals surface area contributed by atoms with Gasteiger partial charge in [0.25, 0.3) is 0 Å². The summed E-state index contributed by atoms with van der Waals surface area (Å²) in [4.78, 5) is 0. The number of allylic oxidation sites excluding steroid dienone is 2. The Kier molecular flexibility index (Phi) is 4.03. The topological polar surface area (TPSA) is 24.4 Å². The van der Waals surface area contributed by atoms with Crippen LogP contribution < -0.4 is 5.43 Å². The van der Waals surface area contributed by atoms with Crippen LogP contribution in [0.25, 0.3) is 0 Å². The van der Waals surface area contributed by atoms with Crippen LogP contribution in [0.1, 0.15) is 52.4 Å². The lowest BCUT2D eigenvalue weighted by molar-refractivity contribution is 0.499. The van der Waals surface area contributed by atoms with Gasteiger partial charge in [-0.3, -0.25) is 5.43 Å². The van der Waals surface area contributed by atoms with E-state index in [0.29, 0.717) is 11.8 Å². The third-order valence-corrected chi connectivity index (χ3v) is 4.12. The number of hydrogen-bond donors (Lipinski definition) is 1. The average molecular weight is 232 g/mol. The first kappa shape index (κ1) is 12.4. The fourth-order valence-corrected chi connectivity index (χ4v) is 2.96. The lowest BCUT2D eigenvalue weighted by Gasteiger charge is -2.31. The third-order valence-electron chi connectivity index (χ3n) is 4.12. The molecular weight excluding hydrogens is 208 g/mol. The molecule has 1 aliphatic heterocycles. The first-order valence-electron chi connectivity index (χ1n) is 6.89. The van der Waals surface area contributed by atoms with Crippen molar-refractivity contribution in [1.82, 2.24) is 5.43 Å². The number of hydrazone groups is 1. The second-order valence-corrected chi connectivity index (χ2v) is 5.33. The van der Waals surface area contributed by atoms with E-state index in [4.69, 9.17) is 0 Å². The van der Waals surface area contributed by atoms with Crippen LogP contribution in [-0.2, 0) is 0 Å². The van der Waals surface area contributed by atoms with Gasteiger partial charge < -0.3 is 0 Å². The highest BCUT2D eigenvalue weighted by molar-refractivity contribution is 5.87. The first-order chi connectivity index (χ1) is 8.24. The Bertz CT molecular complexity index is 352. The Morgan fingerprint density at radius 3 is 2.88 bits per heavy atom. The van der Waals surface area contributed by atoms with Crippen molar-refractivity contribution in [2.24, 2.45) is 16.9 Å². The molecule has 0 radical (unpaired) electrons. The van der Waals surface area contributed by atoms with Gasteiger partial charge in [-0.2, -0.15) is 5.10 Å². The van der Waals surface area contributed by atoms with Crippen molar-refractivity contribution in [1.29, 1.82) is 0 Å². The molecule has 2 rings (SSSR count). The van der Waals surface area contributed by atoms with E-state index in [1.165, 1.54) is 49.9 Å². The van der Waals surface area contributed by atoms with Crippen molar-refractivity contribution in [2.45, 2.75) is 52.4 Å². The van der Waals surface area contributed by atoms with E-state index in [9.17, 15) is 0 Å². The highest BCUT2D eigenvalue weighted by Crippen LogP contribution is 2.34. The SMILES string of the molecule is C=CC(C)C1=C2CCCCCCC2C(C)=NN1. The van der Waals surface area contributed by atoms with Crippen molar-refractivity contribution in [3.63, 3.8) is 0 Å². The molecule has 1 fully saturated rings. The van der Waals surface area contributed by atoms with E-state index in [1.807, 2.05) is 6.08 Å². The summed E-state index contributed by atoms with van der Waals surface area (Å²) in [5, 5.41) is 4.50. The molecule has 0 aromatic heterocycles. The minimum atomic E-state index is 0.392. The van der Waals surface area contributed by atoms with Gasteiger partial charge in [0.15, 0.2) is 0 Å². The number of hydrogen-bond acceptors (Lipinski definition) is 2. The van der Waals surface area contributed by atoms with Gasteiger partial charge in [0.05, 0.1) is 0 Å². The molecule has 2 atom stereocenters. The highest BCUT2D eigenvalue weighted by atomic mass is 15.3. The lowest BCUT2D eigenvalue weighted by Crippen LogP contribution is -2.30. The molecule has 17 heavy (non-hydrogen) atoms. The molecule has 2 heteroatoms. The highest BCUT2D eigenvalue weighted by Gasteiger charge is 2.26. The largest absolute Gasteiger partial charge is 0.282 e. The van der Waals surface area contributed by atoms with Crippen LogP contribution in [0.3, 0.4) is 0 Å². The molecule has 0 bridgehead atoms. The number of rotatable bonds is 2. The second kappa shape index (κ2) is 5.52. The quantitative estimate of drug-likeness (QED) is 0.715. The van der Waals surface area contributed by atoms with Gasteiger partial charge >= 0.3 is 0 Å². The summed E-state index contributed by atoms with van der Waals surface area (Å²) in [7, 11) is 0. The van der Waals surface area contributed by atoms with Crippen molar-refractivity contribution < 1.29 is 0 Å². The normalized spacial score (nSPS) is 27.2. The Morgan fingerprint density at radius 1 is 1.35 bits per heavy atom. The Labute approximate surface area is 105 Å². The minimum absolute atomic E-state index is 0.392. The van der Waals surface area contributed by atoms with E-state index in [1.54, 1.807) is 5.57 Å². The zero-order valence-electron chi connectivity index (χ0n) is 11.1. The van der Waals surface area contributed by atoms with Crippen LogP contribution in [0.4, 0.5) is 0 Å². The number of fused-ring (bicyclic) bond motifs is 1. The van der Waals surface area contributed by atoms with E-state index in [2.05, 4.69) is 31.0 Å². The molecular formula is C15H24N2. The predicted octanol–water partition coefficient (Wildman–Crippen LogP) is 4.01. The number of nitrogens with one attached hydrogen (secondary N) is 1.